The highest BCUT2D eigenvalue weighted by molar-refractivity contribution is 6.32. The van der Waals surface area contributed by atoms with Crippen molar-refractivity contribution in [2.75, 3.05) is 26.1 Å². The fourth-order valence-electron chi connectivity index (χ4n) is 3.85. The van der Waals surface area contributed by atoms with Crippen LogP contribution < -0.4 is 24.3 Å². The van der Waals surface area contributed by atoms with E-state index in [0.717, 1.165) is 24.2 Å². The van der Waals surface area contributed by atoms with Crippen LogP contribution in [0.4, 0.5) is 5.82 Å². The van der Waals surface area contributed by atoms with Crippen molar-refractivity contribution in [3.63, 3.8) is 0 Å². The Morgan fingerprint density at radius 1 is 1.00 bits per heavy atom. The van der Waals surface area contributed by atoms with Gasteiger partial charge in [0.25, 0.3) is 5.91 Å². The molecule has 1 aliphatic heterocycles. The highest BCUT2D eigenvalue weighted by Gasteiger charge is 2.16. The number of carbonyl (C=O) groups is 1. The van der Waals surface area contributed by atoms with E-state index in [-0.39, 0.29) is 5.91 Å². The Morgan fingerprint density at radius 2 is 1.84 bits per heavy atom. The van der Waals surface area contributed by atoms with E-state index in [0.29, 0.717) is 57.5 Å². The molecule has 1 amide bonds. The van der Waals surface area contributed by atoms with Crippen molar-refractivity contribution in [1.29, 1.82) is 0 Å². The van der Waals surface area contributed by atoms with Crippen LogP contribution in [0.2, 0.25) is 5.02 Å². The molecule has 0 aliphatic carbocycles. The summed E-state index contributed by atoms with van der Waals surface area (Å²) in [5.41, 5.74) is 2.69. The molecule has 2 aromatic heterocycles. The Labute approximate surface area is 218 Å². The number of amides is 1. The molecular weight excluding hydrogens is 496 g/mol. The number of methoxy groups -OCH3 is 2. The summed E-state index contributed by atoms with van der Waals surface area (Å²) in [6.07, 6.45) is 1.90. The summed E-state index contributed by atoms with van der Waals surface area (Å²) in [5, 5.41) is 11.5. The van der Waals surface area contributed by atoms with Gasteiger partial charge >= 0.3 is 0 Å². The molecule has 10 heteroatoms. The van der Waals surface area contributed by atoms with Gasteiger partial charge in [0.1, 0.15) is 17.2 Å². The van der Waals surface area contributed by atoms with Gasteiger partial charge in [0.05, 0.1) is 37.1 Å². The summed E-state index contributed by atoms with van der Waals surface area (Å²) in [5.74, 6) is 2.58. The van der Waals surface area contributed by atoms with Gasteiger partial charge in [0.15, 0.2) is 5.82 Å². The minimum absolute atomic E-state index is 0.301. The Morgan fingerprint density at radius 3 is 2.57 bits per heavy atom. The normalized spacial score (nSPS) is 12.2. The van der Waals surface area contributed by atoms with Gasteiger partial charge in [-0.1, -0.05) is 11.6 Å². The minimum Gasteiger partial charge on any atom is -0.493 e. The van der Waals surface area contributed by atoms with Gasteiger partial charge in [-0.2, -0.15) is 4.98 Å². The number of anilines is 1. The standard InChI is InChI=1S/C27H23ClN4O5/c1-34-25-12-9-19(27(30-25)35-2)21-10-11-24(32-31-21)29-26(33)16-5-7-18(8-6-16)37-23-15-22-17(14-20(23)28)4-3-13-36-22/h5-12,14-15H,3-4,13H2,1-2H3,(H,29,32,33). The molecule has 0 spiro atoms. The molecule has 2 aromatic carbocycles. The van der Waals surface area contributed by atoms with Crippen LogP contribution in [0.25, 0.3) is 11.3 Å². The average molecular weight is 519 g/mol. The summed E-state index contributed by atoms with van der Waals surface area (Å²) in [4.78, 5) is 17.0. The molecule has 0 radical (unpaired) electrons. The van der Waals surface area contributed by atoms with E-state index < -0.39 is 0 Å². The maximum absolute atomic E-state index is 12.7. The predicted octanol–water partition coefficient (Wildman–Crippen LogP) is 5.58. The number of benzene rings is 2. The molecule has 3 heterocycles. The first kappa shape index (κ1) is 24.3. The SMILES string of the molecule is COc1ccc(-c2ccc(NC(=O)c3ccc(Oc4cc5c(cc4Cl)CCCO5)cc3)nn2)c(OC)n1. The number of ether oxygens (including phenoxy) is 4. The fourth-order valence-corrected chi connectivity index (χ4v) is 4.07. The second kappa shape index (κ2) is 10.7. The largest absolute Gasteiger partial charge is 0.493 e. The molecule has 37 heavy (non-hydrogen) atoms. The van der Waals surface area contributed by atoms with Gasteiger partial charge in [-0.3, -0.25) is 4.79 Å². The van der Waals surface area contributed by atoms with Crippen LogP contribution in [0.15, 0.2) is 60.7 Å². The zero-order valence-electron chi connectivity index (χ0n) is 20.2. The van der Waals surface area contributed by atoms with E-state index in [1.165, 1.54) is 14.2 Å². The highest BCUT2D eigenvalue weighted by Crippen LogP contribution is 2.37. The molecule has 188 valence electrons. The van der Waals surface area contributed by atoms with Gasteiger partial charge in [0, 0.05) is 17.7 Å². The molecular formula is C27H23ClN4O5. The van der Waals surface area contributed by atoms with E-state index in [2.05, 4.69) is 20.5 Å². The van der Waals surface area contributed by atoms with E-state index in [1.54, 1.807) is 54.6 Å². The molecule has 9 nitrogen and oxygen atoms in total. The zero-order valence-corrected chi connectivity index (χ0v) is 20.9. The van der Waals surface area contributed by atoms with Gasteiger partial charge in [-0.05, 0) is 66.9 Å². The molecule has 4 aromatic rings. The Hall–Kier alpha value is -4.37. The molecule has 0 saturated carbocycles. The molecule has 0 atom stereocenters. The Balaban J connectivity index is 1.25. The monoisotopic (exact) mass is 518 g/mol. The lowest BCUT2D eigenvalue weighted by Gasteiger charge is -2.19. The lowest BCUT2D eigenvalue weighted by molar-refractivity contribution is 0.102. The summed E-state index contributed by atoms with van der Waals surface area (Å²) in [7, 11) is 3.04. The highest BCUT2D eigenvalue weighted by atomic mass is 35.5. The van der Waals surface area contributed by atoms with Gasteiger partial charge in [-0.15, -0.1) is 10.2 Å². The predicted molar refractivity (Wildman–Crippen MR) is 138 cm³/mol. The summed E-state index contributed by atoms with van der Waals surface area (Å²) >= 11 is 6.39. The average Bonchev–Trinajstić information content (AvgIpc) is 2.94. The first-order valence-corrected chi connectivity index (χ1v) is 11.9. The number of aryl methyl sites for hydroxylation is 1. The third-order valence-electron chi connectivity index (χ3n) is 5.73. The number of aromatic nitrogens is 3. The number of pyridine rings is 1. The van der Waals surface area contributed by atoms with Crippen molar-refractivity contribution in [2.24, 2.45) is 0 Å². The first-order valence-electron chi connectivity index (χ1n) is 11.5. The summed E-state index contributed by atoms with van der Waals surface area (Å²) < 4.78 is 22.1. The maximum atomic E-state index is 12.7. The number of halogens is 1. The van der Waals surface area contributed by atoms with Crippen LogP contribution in [0.5, 0.6) is 29.0 Å². The minimum atomic E-state index is -0.336. The smallest absolute Gasteiger partial charge is 0.256 e. The Kier molecular flexibility index (Phi) is 7.04. The number of nitrogens with zero attached hydrogens (tertiary/aromatic N) is 3. The van der Waals surface area contributed by atoms with Gasteiger partial charge in [0.2, 0.25) is 11.8 Å². The second-order valence-electron chi connectivity index (χ2n) is 8.14. The number of rotatable bonds is 7. The van der Waals surface area contributed by atoms with Crippen molar-refractivity contribution in [3.8, 4) is 40.3 Å². The summed E-state index contributed by atoms with van der Waals surface area (Å²) in [6, 6.07) is 17.2. The number of carbonyl (C=O) groups excluding carboxylic acids is 1. The maximum Gasteiger partial charge on any atom is 0.256 e. The first-order chi connectivity index (χ1) is 18.0. The quantitative estimate of drug-likeness (QED) is 0.338. The molecule has 0 bridgehead atoms. The third-order valence-corrected chi connectivity index (χ3v) is 6.02. The van der Waals surface area contributed by atoms with Crippen LogP contribution in [0.1, 0.15) is 22.3 Å². The zero-order chi connectivity index (χ0) is 25.8. The van der Waals surface area contributed by atoms with E-state index in [4.69, 9.17) is 30.5 Å². The third kappa shape index (κ3) is 5.41. The fraction of sp³-hybridized carbons (Fsp3) is 0.185. The van der Waals surface area contributed by atoms with Crippen molar-refractivity contribution in [3.05, 3.63) is 76.8 Å². The van der Waals surface area contributed by atoms with Crippen molar-refractivity contribution in [2.45, 2.75) is 12.8 Å². The molecule has 1 aliphatic rings. The van der Waals surface area contributed by atoms with Crippen LogP contribution in [0.3, 0.4) is 0 Å². The van der Waals surface area contributed by atoms with Crippen LogP contribution >= 0.6 is 11.6 Å². The number of hydrogen-bond donors (Lipinski definition) is 1. The second-order valence-corrected chi connectivity index (χ2v) is 8.54. The summed E-state index contributed by atoms with van der Waals surface area (Å²) in [6.45, 7) is 0.678. The van der Waals surface area contributed by atoms with Crippen molar-refractivity contribution in [1.82, 2.24) is 15.2 Å². The Bertz CT molecular complexity index is 1430. The molecule has 1 N–H and O–H groups in total. The van der Waals surface area contributed by atoms with Gasteiger partial charge < -0.3 is 24.3 Å². The van der Waals surface area contributed by atoms with Gasteiger partial charge in [-0.25, -0.2) is 0 Å². The van der Waals surface area contributed by atoms with E-state index in [1.807, 2.05) is 6.07 Å². The van der Waals surface area contributed by atoms with Crippen LogP contribution in [-0.2, 0) is 6.42 Å². The van der Waals surface area contributed by atoms with Crippen LogP contribution in [0, 0.1) is 0 Å². The number of nitrogens with one attached hydrogen (secondary N) is 1. The van der Waals surface area contributed by atoms with E-state index in [9.17, 15) is 4.79 Å². The molecule has 5 rings (SSSR count). The van der Waals surface area contributed by atoms with E-state index >= 15 is 0 Å². The molecule has 0 fully saturated rings. The number of hydrogen-bond acceptors (Lipinski definition) is 8. The van der Waals surface area contributed by atoms with Crippen molar-refractivity contribution >= 4 is 23.3 Å². The molecule has 0 unspecified atom stereocenters. The number of fused-ring (bicyclic) bond motifs is 1. The lowest BCUT2D eigenvalue weighted by atomic mass is 10.1. The van der Waals surface area contributed by atoms with Crippen molar-refractivity contribution < 1.29 is 23.7 Å². The lowest BCUT2D eigenvalue weighted by Crippen LogP contribution is -2.13. The molecule has 0 saturated heterocycles. The van der Waals surface area contributed by atoms with Crippen LogP contribution in [-0.4, -0.2) is 41.9 Å². The topological polar surface area (TPSA) is 105 Å².